The molecular formula is C31H35FN4O6. The largest absolute Gasteiger partial charge is 0.486 e. The lowest BCUT2D eigenvalue weighted by atomic mass is 9.98. The van der Waals surface area contributed by atoms with Crippen LogP contribution in [-0.4, -0.2) is 76.8 Å². The zero-order chi connectivity index (χ0) is 30.4. The lowest BCUT2D eigenvalue weighted by molar-refractivity contribution is 0.0343. The number of rotatable bonds is 9. The summed E-state index contributed by atoms with van der Waals surface area (Å²) in [5, 5.41) is 24.5. The van der Waals surface area contributed by atoms with Crippen molar-refractivity contribution < 1.29 is 33.7 Å². The molecule has 1 aliphatic heterocycles. The molecule has 3 aromatic carbocycles. The average molecular weight is 579 g/mol. The summed E-state index contributed by atoms with van der Waals surface area (Å²) in [6, 6.07) is 15.8. The van der Waals surface area contributed by atoms with Gasteiger partial charge in [-0.15, -0.1) is 0 Å². The second-order valence-corrected chi connectivity index (χ2v) is 10.6. The minimum atomic E-state index is -0.989. The van der Waals surface area contributed by atoms with Crippen LogP contribution >= 0.6 is 0 Å². The van der Waals surface area contributed by atoms with Gasteiger partial charge in [0, 0.05) is 31.2 Å². The number of likely N-dealkylation sites (N-methyl/N-ethyl adjacent to an activating group) is 1. The number of carboxylic acid groups (broad SMARTS) is 1. The highest BCUT2D eigenvalue weighted by atomic mass is 19.1. The van der Waals surface area contributed by atoms with Gasteiger partial charge in [-0.05, 0) is 68.1 Å². The van der Waals surface area contributed by atoms with Gasteiger partial charge in [0.2, 0.25) is 0 Å². The van der Waals surface area contributed by atoms with Crippen molar-refractivity contribution in [3.8, 4) is 5.75 Å². The molecule has 1 heterocycles. The highest BCUT2D eigenvalue weighted by Gasteiger charge is 2.34. The Morgan fingerprint density at radius 2 is 1.79 bits per heavy atom. The Bertz CT molecular complexity index is 1420. The van der Waals surface area contributed by atoms with Gasteiger partial charge in [-0.2, -0.15) is 0 Å². The number of fused-ring (bicyclic) bond motifs is 1. The van der Waals surface area contributed by atoms with Crippen molar-refractivity contribution in [2.24, 2.45) is 5.92 Å². The quantitative estimate of drug-likeness (QED) is 0.294. The Morgan fingerprint density at radius 3 is 2.43 bits per heavy atom. The van der Waals surface area contributed by atoms with E-state index in [9.17, 15) is 29.0 Å². The molecule has 4 N–H and O–H groups in total. The number of amides is 3. The molecular weight excluding hydrogens is 543 g/mol. The average Bonchev–Trinajstić information content (AvgIpc) is 2.96. The van der Waals surface area contributed by atoms with Crippen molar-refractivity contribution in [2.45, 2.75) is 32.5 Å². The number of urea groups is 1. The van der Waals surface area contributed by atoms with Gasteiger partial charge in [0.1, 0.15) is 11.9 Å². The van der Waals surface area contributed by atoms with Gasteiger partial charge in [-0.25, -0.2) is 14.0 Å². The van der Waals surface area contributed by atoms with Gasteiger partial charge in [-0.1, -0.05) is 25.1 Å². The molecule has 0 aromatic heterocycles. The molecule has 0 radical (unpaired) electrons. The topological polar surface area (TPSA) is 131 Å². The summed E-state index contributed by atoms with van der Waals surface area (Å²) in [4.78, 5) is 41.4. The molecule has 0 unspecified atom stereocenters. The molecule has 3 amide bonds. The molecule has 0 spiro atoms. The number of aliphatic hydroxyl groups is 1. The van der Waals surface area contributed by atoms with E-state index in [0.29, 0.717) is 25.3 Å². The monoisotopic (exact) mass is 578 g/mol. The maximum atomic E-state index is 13.7. The van der Waals surface area contributed by atoms with Crippen molar-refractivity contribution in [3.05, 3.63) is 89.2 Å². The Morgan fingerprint density at radius 1 is 1.10 bits per heavy atom. The first-order chi connectivity index (χ1) is 20.0. The molecule has 222 valence electrons. The number of benzene rings is 3. The maximum Gasteiger partial charge on any atom is 0.335 e. The van der Waals surface area contributed by atoms with E-state index in [2.05, 4.69) is 10.6 Å². The van der Waals surface area contributed by atoms with E-state index < -0.39 is 30.0 Å². The number of nitrogens with zero attached hydrogens (tertiary/aromatic N) is 2. The first kappa shape index (κ1) is 30.5. The number of ether oxygens (including phenoxy) is 1. The first-order valence-electron chi connectivity index (χ1n) is 13.6. The first-order valence-corrected chi connectivity index (χ1v) is 13.6. The number of aliphatic hydroxyl groups excluding tert-OH is 1. The van der Waals surface area contributed by atoms with E-state index in [1.165, 1.54) is 24.3 Å². The van der Waals surface area contributed by atoms with Crippen LogP contribution in [0, 0.1) is 11.7 Å². The second kappa shape index (κ2) is 13.5. The summed E-state index contributed by atoms with van der Waals surface area (Å²) >= 11 is 0. The molecule has 0 saturated heterocycles. The van der Waals surface area contributed by atoms with E-state index >= 15 is 0 Å². The summed E-state index contributed by atoms with van der Waals surface area (Å²) in [6.45, 7) is 4.83. The lowest BCUT2D eigenvalue weighted by Crippen LogP contribution is -2.49. The van der Waals surface area contributed by atoms with Crippen LogP contribution in [-0.2, 0) is 6.54 Å². The molecule has 42 heavy (non-hydrogen) atoms. The van der Waals surface area contributed by atoms with E-state index in [-0.39, 0.29) is 41.0 Å². The SMILES string of the molecule is C[C@H](CO)N1C[C@H](C)[C@H](CN(C)Cc2ccc(C(=O)O)cc2)Oc2c(NC(=O)Nc3ccc(F)cc3)cccc2C1=O. The number of carbonyl (C=O) groups excluding carboxylic acids is 2. The summed E-state index contributed by atoms with van der Waals surface area (Å²) < 4.78 is 19.8. The third kappa shape index (κ3) is 7.42. The maximum absolute atomic E-state index is 13.7. The predicted octanol–water partition coefficient (Wildman–Crippen LogP) is 4.52. The number of para-hydroxylation sites is 1. The predicted molar refractivity (Wildman–Crippen MR) is 156 cm³/mol. The van der Waals surface area contributed by atoms with Gasteiger partial charge in [0.05, 0.1) is 29.5 Å². The zero-order valence-electron chi connectivity index (χ0n) is 23.7. The summed E-state index contributed by atoms with van der Waals surface area (Å²) in [5.41, 5.74) is 2.05. The Hall–Kier alpha value is -4.48. The number of carbonyl (C=O) groups is 3. The normalized spacial score (nSPS) is 17.5. The Kier molecular flexibility index (Phi) is 9.76. The molecule has 10 nitrogen and oxygen atoms in total. The van der Waals surface area contributed by atoms with Crippen LogP contribution in [0.3, 0.4) is 0 Å². The van der Waals surface area contributed by atoms with E-state index in [1.54, 1.807) is 54.3 Å². The standard InChI is InChI=1S/C31H35FN4O6/c1-19-15-36(20(2)18-37)29(38)25-5-4-6-26(34-31(41)33-24-13-11-23(32)12-14-24)28(25)42-27(19)17-35(3)16-21-7-9-22(10-8-21)30(39)40/h4-14,19-20,27,37H,15-18H2,1-3H3,(H,39,40)(H2,33,34,41)/t19-,20+,27-/m0/s1. The lowest BCUT2D eigenvalue weighted by Gasteiger charge is -2.38. The molecule has 0 fully saturated rings. The molecule has 0 aliphatic carbocycles. The van der Waals surface area contributed by atoms with Crippen LogP contribution in [0.25, 0.3) is 0 Å². The highest BCUT2D eigenvalue weighted by molar-refractivity contribution is 6.04. The van der Waals surface area contributed by atoms with Crippen molar-refractivity contribution >= 4 is 29.3 Å². The second-order valence-electron chi connectivity index (χ2n) is 10.6. The van der Waals surface area contributed by atoms with Crippen LogP contribution in [0.5, 0.6) is 5.75 Å². The number of carboxylic acids is 1. The van der Waals surface area contributed by atoms with Crippen LogP contribution in [0.2, 0.25) is 0 Å². The van der Waals surface area contributed by atoms with Crippen molar-refractivity contribution in [3.63, 3.8) is 0 Å². The van der Waals surface area contributed by atoms with Gasteiger partial charge in [-0.3, -0.25) is 9.69 Å². The smallest absolute Gasteiger partial charge is 0.335 e. The highest BCUT2D eigenvalue weighted by Crippen LogP contribution is 2.35. The molecule has 4 rings (SSSR count). The van der Waals surface area contributed by atoms with Crippen molar-refractivity contribution in [1.82, 2.24) is 9.80 Å². The molecule has 0 bridgehead atoms. The van der Waals surface area contributed by atoms with E-state index in [4.69, 9.17) is 4.74 Å². The molecule has 11 heteroatoms. The third-order valence-electron chi connectivity index (χ3n) is 7.19. The van der Waals surface area contributed by atoms with Crippen LogP contribution < -0.4 is 15.4 Å². The van der Waals surface area contributed by atoms with Crippen LogP contribution in [0.1, 0.15) is 40.1 Å². The Labute approximate surface area is 243 Å². The number of anilines is 2. The number of hydrogen-bond acceptors (Lipinski definition) is 6. The van der Waals surface area contributed by atoms with Crippen LogP contribution in [0.4, 0.5) is 20.6 Å². The van der Waals surface area contributed by atoms with Crippen molar-refractivity contribution in [1.29, 1.82) is 0 Å². The number of aromatic carboxylic acids is 1. The molecule has 3 atom stereocenters. The van der Waals surface area contributed by atoms with E-state index in [0.717, 1.165) is 5.56 Å². The fraction of sp³-hybridized carbons (Fsp3) is 0.323. The summed E-state index contributed by atoms with van der Waals surface area (Å²) in [5.74, 6) is -1.69. The van der Waals surface area contributed by atoms with Gasteiger partial charge >= 0.3 is 12.0 Å². The minimum absolute atomic E-state index is 0.158. The number of hydrogen-bond donors (Lipinski definition) is 4. The van der Waals surface area contributed by atoms with E-state index in [1.807, 2.05) is 18.9 Å². The minimum Gasteiger partial charge on any atom is -0.486 e. The fourth-order valence-corrected chi connectivity index (χ4v) is 4.81. The van der Waals surface area contributed by atoms with Gasteiger partial charge in [0.15, 0.2) is 5.75 Å². The van der Waals surface area contributed by atoms with Crippen LogP contribution in [0.15, 0.2) is 66.7 Å². The van der Waals surface area contributed by atoms with Crippen molar-refractivity contribution in [2.75, 3.05) is 37.4 Å². The fourth-order valence-electron chi connectivity index (χ4n) is 4.81. The number of nitrogens with one attached hydrogen (secondary N) is 2. The summed E-state index contributed by atoms with van der Waals surface area (Å²) in [6.07, 6.45) is -0.420. The molecule has 0 saturated carbocycles. The number of halogens is 1. The van der Waals surface area contributed by atoms with Gasteiger partial charge < -0.3 is 30.5 Å². The Balaban J connectivity index is 1.60. The molecule has 1 aliphatic rings. The third-order valence-corrected chi connectivity index (χ3v) is 7.19. The summed E-state index contributed by atoms with van der Waals surface area (Å²) in [7, 11) is 1.92. The zero-order valence-corrected chi connectivity index (χ0v) is 23.7. The van der Waals surface area contributed by atoms with Gasteiger partial charge in [0.25, 0.3) is 5.91 Å². The molecule has 3 aromatic rings.